The number of methoxy groups -OCH3 is 2. The lowest BCUT2D eigenvalue weighted by Crippen LogP contribution is -2.08. The van der Waals surface area contributed by atoms with E-state index in [0.717, 1.165) is 0 Å². The van der Waals surface area contributed by atoms with E-state index in [1.807, 2.05) is 14.0 Å². The molecule has 0 heterocycles. The summed E-state index contributed by atoms with van der Waals surface area (Å²) in [5, 5.41) is 10.4. The maximum Gasteiger partial charge on any atom is 0.234 e. The molecule has 118 valence electrons. The molecule has 0 aromatic heterocycles. The van der Waals surface area contributed by atoms with E-state index in [2.05, 4.69) is 29.6 Å². The molecule has 0 aliphatic carbocycles. The second-order valence-corrected chi connectivity index (χ2v) is 2.35. The standard InChI is InChI=1S/C4H10O3.C3H9NO.C2H3NO.C2H6O/c1-3-6-7-4-5-2;1-4-3-5-2;1-3-2-4;1-2-3/h3-4H2,1-2H3;4H,3H2,1-2H3;1H3;3H,2H2,1H3. The molecule has 0 aromatic carbocycles. The molecule has 0 saturated heterocycles. The zero-order chi connectivity index (χ0) is 15.8. The van der Waals surface area contributed by atoms with Gasteiger partial charge in [0.25, 0.3) is 0 Å². The molecule has 0 spiro atoms. The van der Waals surface area contributed by atoms with Crippen LogP contribution >= 0.6 is 0 Å². The van der Waals surface area contributed by atoms with E-state index in [4.69, 9.17) is 9.90 Å². The maximum absolute atomic E-state index is 8.88. The second-order valence-electron chi connectivity index (χ2n) is 2.35. The molecule has 8 nitrogen and oxygen atoms in total. The highest BCUT2D eigenvalue weighted by Crippen LogP contribution is 1.74. The molecule has 0 aliphatic rings. The van der Waals surface area contributed by atoms with E-state index in [1.54, 1.807) is 21.1 Å². The van der Waals surface area contributed by atoms with Crippen LogP contribution in [0.3, 0.4) is 0 Å². The third-order valence-corrected chi connectivity index (χ3v) is 0.747. The monoisotopic (exact) mass is 284 g/mol. The minimum absolute atomic E-state index is 0.202. The van der Waals surface area contributed by atoms with Crippen LogP contribution in [0.15, 0.2) is 4.99 Å². The van der Waals surface area contributed by atoms with Crippen molar-refractivity contribution in [3.05, 3.63) is 0 Å². The van der Waals surface area contributed by atoms with Crippen LogP contribution in [0.1, 0.15) is 13.8 Å². The average Bonchev–Trinajstić information content (AvgIpc) is 2.42. The Balaban J connectivity index is -0.0000000833. The number of aliphatic imine (C=N–C) groups is 1. The van der Waals surface area contributed by atoms with Gasteiger partial charge in [0.2, 0.25) is 6.08 Å². The van der Waals surface area contributed by atoms with Crippen molar-refractivity contribution in [3.63, 3.8) is 0 Å². The molecule has 2 N–H and O–H groups in total. The van der Waals surface area contributed by atoms with Gasteiger partial charge in [-0.3, -0.25) is 5.32 Å². The van der Waals surface area contributed by atoms with E-state index < -0.39 is 0 Å². The quantitative estimate of drug-likeness (QED) is 0.181. The Bertz CT molecular complexity index is 148. The summed E-state index contributed by atoms with van der Waals surface area (Å²) in [4.78, 5) is 20.7. The highest BCUT2D eigenvalue weighted by molar-refractivity contribution is 5.32. The predicted octanol–water partition coefficient (Wildman–Crippen LogP) is 0.319. The Hall–Kier alpha value is -0.860. The van der Waals surface area contributed by atoms with Gasteiger partial charge >= 0.3 is 0 Å². The first-order chi connectivity index (χ1) is 9.16. The van der Waals surface area contributed by atoms with E-state index in [1.165, 1.54) is 13.1 Å². The fourth-order valence-corrected chi connectivity index (χ4v) is 0.310. The van der Waals surface area contributed by atoms with Crippen molar-refractivity contribution in [3.8, 4) is 0 Å². The molecule has 0 aromatic rings. The highest BCUT2D eigenvalue weighted by Gasteiger charge is 1.77. The average molecular weight is 284 g/mol. The van der Waals surface area contributed by atoms with Gasteiger partial charge in [0.1, 0.15) is 0 Å². The first-order valence-corrected chi connectivity index (χ1v) is 5.60. The Morgan fingerprint density at radius 2 is 1.68 bits per heavy atom. The van der Waals surface area contributed by atoms with Crippen molar-refractivity contribution in [2.45, 2.75) is 13.8 Å². The number of hydrogen-bond donors (Lipinski definition) is 2. The van der Waals surface area contributed by atoms with E-state index >= 15 is 0 Å². The predicted molar refractivity (Wildman–Crippen MR) is 72.3 cm³/mol. The van der Waals surface area contributed by atoms with Crippen molar-refractivity contribution in [2.75, 3.05) is 55.1 Å². The largest absolute Gasteiger partial charge is 0.397 e. The Morgan fingerprint density at radius 3 is 1.84 bits per heavy atom. The van der Waals surface area contributed by atoms with Gasteiger partial charge in [-0.25, -0.2) is 19.6 Å². The fourth-order valence-electron chi connectivity index (χ4n) is 0.310. The van der Waals surface area contributed by atoms with Gasteiger partial charge < -0.3 is 14.6 Å². The van der Waals surface area contributed by atoms with E-state index in [0.29, 0.717) is 13.3 Å². The number of hydrogen-bond acceptors (Lipinski definition) is 8. The molecular weight excluding hydrogens is 256 g/mol. The van der Waals surface area contributed by atoms with Crippen LogP contribution in [0.5, 0.6) is 0 Å². The molecule has 0 unspecified atom stereocenters. The summed E-state index contributed by atoms with van der Waals surface area (Å²) in [6, 6.07) is 0. The lowest BCUT2D eigenvalue weighted by Gasteiger charge is -1.96. The number of nitrogens with one attached hydrogen (secondary N) is 1. The van der Waals surface area contributed by atoms with Crippen molar-refractivity contribution in [2.24, 2.45) is 4.99 Å². The first kappa shape index (κ1) is 26.7. The van der Waals surface area contributed by atoms with Gasteiger partial charge in [0.05, 0.1) is 13.3 Å². The molecule has 8 heteroatoms. The summed E-state index contributed by atoms with van der Waals surface area (Å²) >= 11 is 0. The van der Waals surface area contributed by atoms with E-state index in [9.17, 15) is 0 Å². The summed E-state index contributed by atoms with van der Waals surface area (Å²) in [7, 11) is 6.41. The van der Waals surface area contributed by atoms with Crippen LogP contribution < -0.4 is 5.32 Å². The normalized spacial score (nSPS) is 7.53. The summed E-state index contributed by atoms with van der Waals surface area (Å²) in [5.74, 6) is 0. The summed E-state index contributed by atoms with van der Waals surface area (Å²) < 4.78 is 9.08. The first-order valence-electron chi connectivity index (χ1n) is 5.60. The molecular formula is C11H28N2O6. The van der Waals surface area contributed by atoms with Crippen molar-refractivity contribution in [1.82, 2.24) is 5.32 Å². The van der Waals surface area contributed by atoms with Gasteiger partial charge in [0.15, 0.2) is 6.79 Å². The van der Waals surface area contributed by atoms with Crippen LogP contribution in [0, 0.1) is 0 Å². The van der Waals surface area contributed by atoms with Gasteiger partial charge in [-0.2, -0.15) is 0 Å². The molecule has 0 amide bonds. The molecule has 0 radical (unpaired) electrons. The lowest BCUT2D eigenvalue weighted by atomic mass is 10.9. The Labute approximate surface area is 115 Å². The third kappa shape index (κ3) is 104. The fraction of sp³-hybridized carbons (Fsp3) is 0.909. The lowest BCUT2D eigenvalue weighted by molar-refractivity contribution is -0.329. The van der Waals surface area contributed by atoms with Gasteiger partial charge in [-0.15, -0.1) is 0 Å². The number of aliphatic hydroxyl groups is 1. The van der Waals surface area contributed by atoms with Crippen molar-refractivity contribution < 1.29 is 29.1 Å². The maximum atomic E-state index is 8.88. The number of rotatable bonds is 6. The van der Waals surface area contributed by atoms with E-state index in [-0.39, 0.29) is 13.4 Å². The molecule has 0 bridgehead atoms. The van der Waals surface area contributed by atoms with Crippen LogP contribution in [0.4, 0.5) is 0 Å². The number of carbonyl (C=O) groups excluding carboxylic acids is 1. The number of nitrogens with zero attached hydrogens (tertiary/aromatic N) is 1. The van der Waals surface area contributed by atoms with Crippen LogP contribution in [-0.2, 0) is 24.0 Å². The van der Waals surface area contributed by atoms with Gasteiger partial charge in [0, 0.05) is 27.9 Å². The molecule has 0 aliphatic heterocycles. The number of aliphatic hydroxyl groups excluding tert-OH is 1. The van der Waals surface area contributed by atoms with Crippen molar-refractivity contribution >= 4 is 6.08 Å². The second kappa shape index (κ2) is 43.4. The Morgan fingerprint density at radius 1 is 1.21 bits per heavy atom. The zero-order valence-corrected chi connectivity index (χ0v) is 12.8. The summed E-state index contributed by atoms with van der Waals surface area (Å²) in [5.41, 5.74) is 0. The smallest absolute Gasteiger partial charge is 0.234 e. The molecule has 19 heavy (non-hydrogen) atoms. The molecule has 0 rings (SSSR count). The topological polar surface area (TPSA) is 98.6 Å². The van der Waals surface area contributed by atoms with Crippen LogP contribution in [0.25, 0.3) is 0 Å². The highest BCUT2D eigenvalue weighted by atomic mass is 17.2. The molecule has 0 atom stereocenters. The van der Waals surface area contributed by atoms with Crippen molar-refractivity contribution in [1.29, 1.82) is 0 Å². The number of isocyanates is 1. The van der Waals surface area contributed by atoms with Crippen LogP contribution in [0.2, 0.25) is 0 Å². The van der Waals surface area contributed by atoms with Gasteiger partial charge in [-0.05, 0) is 20.9 Å². The van der Waals surface area contributed by atoms with Crippen LogP contribution in [-0.4, -0.2) is 66.2 Å². The zero-order valence-electron chi connectivity index (χ0n) is 12.8. The number of ether oxygens (including phenoxy) is 2. The molecule has 0 fully saturated rings. The minimum Gasteiger partial charge on any atom is -0.397 e. The summed E-state index contributed by atoms with van der Waals surface area (Å²) in [6.07, 6.45) is 1.31. The third-order valence-electron chi connectivity index (χ3n) is 0.747. The SMILES string of the molecule is CCO.CCOOCOC.CN=C=O.CNCOC. The Kier molecular flexibility index (Phi) is 60.9. The molecule has 0 saturated carbocycles. The minimum atomic E-state index is 0.202. The van der Waals surface area contributed by atoms with Gasteiger partial charge in [-0.1, -0.05) is 0 Å². The summed E-state index contributed by atoms with van der Waals surface area (Å²) in [6.45, 7) is 5.17.